The van der Waals surface area contributed by atoms with Gasteiger partial charge in [0, 0.05) is 35.9 Å². The lowest BCUT2D eigenvalue weighted by Gasteiger charge is -2.41. The molecule has 10 rings (SSSR count). The molecule has 524 valence electrons. The second-order valence-electron chi connectivity index (χ2n) is 36.7. The first-order valence-electron chi connectivity index (χ1n) is 36.2. The molecule has 15 N–H and O–H groups in total. The van der Waals surface area contributed by atoms with Gasteiger partial charge in [-0.3, -0.25) is 0 Å². The number of hydrogen-bond acceptors (Lipinski definition) is 9. The van der Waals surface area contributed by atoms with Crippen molar-refractivity contribution < 1.29 is 15.3 Å². The van der Waals surface area contributed by atoms with E-state index in [0.29, 0.717) is 69.0 Å². The number of anilines is 1. The molecule has 2 aromatic rings. The number of benzene rings is 2. The van der Waals surface area contributed by atoms with Gasteiger partial charge < -0.3 is 49.7 Å². The predicted molar refractivity (Wildman–Crippen MR) is 394 cm³/mol. The van der Waals surface area contributed by atoms with E-state index >= 15 is 0 Å². The molecule has 0 heterocycles. The summed E-state index contributed by atoms with van der Waals surface area (Å²) in [5, 5.41) is 27.0. The maximum Gasteiger partial charge on any atom is 0.115 e. The third-order valence-corrected chi connectivity index (χ3v) is 19.8. The van der Waals surface area contributed by atoms with Crippen molar-refractivity contribution in [3.8, 4) is 5.75 Å². The molecule has 0 spiro atoms. The molecule has 0 aromatic heterocycles. The number of aliphatic hydroxyl groups excluding tert-OH is 2. The number of rotatable bonds is 0. The van der Waals surface area contributed by atoms with Crippen LogP contribution >= 0.6 is 0 Å². The zero-order chi connectivity index (χ0) is 69.4. The molecule has 0 aliphatic heterocycles. The highest BCUT2D eigenvalue weighted by atomic mass is 16.3. The van der Waals surface area contributed by atoms with Gasteiger partial charge in [0.05, 0.1) is 12.2 Å². The number of phenols is 1. The van der Waals surface area contributed by atoms with Crippen LogP contribution < -0.4 is 34.4 Å². The number of hydrogen-bond donors (Lipinski definition) is 9. The summed E-state index contributed by atoms with van der Waals surface area (Å²) in [7, 11) is 0. The predicted octanol–water partition coefficient (Wildman–Crippen LogP) is 19.5. The van der Waals surface area contributed by atoms with Gasteiger partial charge in [0.25, 0.3) is 0 Å². The Bertz CT molecular complexity index is 1950. The highest BCUT2D eigenvalue weighted by Gasteiger charge is 2.55. The van der Waals surface area contributed by atoms with Gasteiger partial charge in [0.1, 0.15) is 5.75 Å². The van der Waals surface area contributed by atoms with Crippen LogP contribution in [0.25, 0.3) is 0 Å². The van der Waals surface area contributed by atoms with Gasteiger partial charge in [0.2, 0.25) is 0 Å². The minimum absolute atomic E-state index is 0.00854. The van der Waals surface area contributed by atoms with E-state index in [0.717, 1.165) is 72.3 Å². The lowest BCUT2D eigenvalue weighted by atomic mass is 9.66. The Morgan fingerprint density at radius 3 is 0.955 bits per heavy atom. The fourth-order valence-corrected chi connectivity index (χ4v) is 12.3. The van der Waals surface area contributed by atoms with E-state index in [2.05, 4.69) is 199 Å². The summed E-state index contributed by atoms with van der Waals surface area (Å²) in [4.78, 5) is 0. The van der Waals surface area contributed by atoms with E-state index in [4.69, 9.17) is 49.7 Å². The third-order valence-electron chi connectivity index (χ3n) is 19.8. The van der Waals surface area contributed by atoms with Crippen molar-refractivity contribution in [2.24, 2.45) is 109 Å². The van der Waals surface area contributed by atoms with Crippen LogP contribution in [0.5, 0.6) is 5.75 Å². The summed E-state index contributed by atoms with van der Waals surface area (Å²) < 4.78 is 0. The Balaban J connectivity index is 0.000000970. The molecule has 8 aliphatic rings. The molecule has 0 bridgehead atoms. The summed E-state index contributed by atoms with van der Waals surface area (Å²) in [6, 6.07) is 18.0. The maximum atomic E-state index is 9.02. The van der Waals surface area contributed by atoms with Gasteiger partial charge in [-0.25, -0.2) is 0 Å². The smallest absolute Gasteiger partial charge is 0.115 e. The summed E-state index contributed by atoms with van der Waals surface area (Å²) in [5.74, 6) is 7.91. The molecular formula is C80H156N6O3. The van der Waals surface area contributed by atoms with Crippen LogP contribution in [0.15, 0.2) is 48.5 Å². The van der Waals surface area contributed by atoms with Crippen molar-refractivity contribution >= 4 is 5.69 Å². The fraction of sp³-hybridized carbons (Fsp3) is 0.850. The van der Waals surface area contributed by atoms with Crippen molar-refractivity contribution in [1.82, 2.24) is 0 Å². The summed E-state index contributed by atoms with van der Waals surface area (Å²) >= 11 is 0. The molecule has 2 aromatic carbocycles. The lowest BCUT2D eigenvalue weighted by molar-refractivity contribution is -0.00927. The van der Waals surface area contributed by atoms with Crippen LogP contribution in [0, 0.1) is 80.3 Å². The molecular weight excluding hydrogens is 1090 g/mol. The minimum atomic E-state index is 0.00854. The Hall–Kier alpha value is -2.24. The number of aromatic hydroxyl groups is 1. The standard InChI is InChI=1S/C10H19N.C10H15N.C10H14O.C8H17N.C8H16O.3C7H15N.C7H14O.2C3H8/c1-10(2,3)6-4-7-8(5-6)9(7)11;2*1-10(2,3)8-4-6-9(11)7-5-8;2*1-8(2,3)6-4-7(9)5-6;1-7(2,3)5-4-6(5)8;1-6-2-4-7(8)5-3-6;1-6-3-2-4-7(8)5-6;1-7(2,3)5-4-6(5)8;2*1-3-2/h6-9H,4-5,11H2,1-3H3;4-7H,11H2,1-3H3;4-7,11H,1-3H3;6-7H,4-5,9H2,1-3H3;6-7,9H,4-5H2,1-3H3;5-6H,4,8H2,1-3H3;2*6-7H,2-5,8H2,1H3;5-6,8H,4H2,1-3H3;2*3H2,1-2H3/t;;;;;;;6-,7+;;;/m.......1.../s1. The van der Waals surface area contributed by atoms with Gasteiger partial charge in [0.15, 0.2) is 0 Å². The Morgan fingerprint density at radius 1 is 0.393 bits per heavy atom. The van der Waals surface area contributed by atoms with Crippen molar-refractivity contribution in [3.63, 3.8) is 0 Å². The van der Waals surface area contributed by atoms with Crippen molar-refractivity contribution in [2.75, 3.05) is 5.73 Å². The quantitative estimate of drug-likeness (QED) is 0.115. The number of nitrogen functional groups attached to an aromatic ring is 1. The molecule has 6 unspecified atom stereocenters. The number of fused-ring (bicyclic) bond motifs is 1. The average Bonchev–Trinajstić information content (AvgIpc) is 1.72. The SMILES string of the molecule is CC(C)(C)C1CC(N)C1.CC(C)(C)C1CC(O)C1.CC(C)(C)C1CC1N.CC(C)(C)C1CC1O.CC(C)(C)C1CC2C(N)C2C1.CC(C)(C)c1ccc(N)cc1.CC(C)(C)c1ccc(O)cc1.CC1CCC(N)CC1.CCC.CCC.C[C@@H]1CCC[C@H](N)C1. The zero-order valence-electron chi connectivity index (χ0n) is 63.9. The first-order valence-corrected chi connectivity index (χ1v) is 36.2. The lowest BCUT2D eigenvalue weighted by Crippen LogP contribution is -2.42. The fourth-order valence-electron chi connectivity index (χ4n) is 12.3. The summed E-state index contributed by atoms with van der Waals surface area (Å²) in [6.45, 7) is 60.1. The molecule has 8 fully saturated rings. The summed E-state index contributed by atoms with van der Waals surface area (Å²) in [5.41, 5.74) is 40.2. The Labute approximate surface area is 554 Å². The van der Waals surface area contributed by atoms with Gasteiger partial charge >= 0.3 is 0 Å². The van der Waals surface area contributed by atoms with Crippen LogP contribution in [0.3, 0.4) is 0 Å². The topological polar surface area (TPSA) is 217 Å². The first-order chi connectivity index (χ1) is 40.4. The van der Waals surface area contributed by atoms with Crippen LogP contribution in [-0.4, -0.2) is 57.7 Å². The molecule has 8 aliphatic carbocycles. The van der Waals surface area contributed by atoms with E-state index in [1.54, 1.807) is 12.1 Å². The van der Waals surface area contributed by atoms with Crippen LogP contribution in [0.4, 0.5) is 5.69 Å². The molecule has 9 heteroatoms. The second kappa shape index (κ2) is 39.0. The summed E-state index contributed by atoms with van der Waals surface area (Å²) in [6.07, 6.45) is 22.5. The molecule has 0 amide bonds. The molecule has 89 heavy (non-hydrogen) atoms. The molecule has 8 atom stereocenters. The van der Waals surface area contributed by atoms with Crippen LogP contribution in [0.2, 0.25) is 0 Å². The van der Waals surface area contributed by atoms with Crippen LogP contribution in [0.1, 0.15) is 314 Å². The largest absolute Gasteiger partial charge is 0.508 e. The maximum absolute atomic E-state index is 9.02. The van der Waals surface area contributed by atoms with E-state index in [9.17, 15) is 0 Å². The number of aliphatic hydroxyl groups is 2. The Morgan fingerprint density at radius 2 is 0.742 bits per heavy atom. The van der Waals surface area contributed by atoms with Crippen LogP contribution in [-0.2, 0) is 10.8 Å². The van der Waals surface area contributed by atoms with E-state index in [1.807, 2.05) is 24.3 Å². The molecule has 9 nitrogen and oxygen atoms in total. The van der Waals surface area contributed by atoms with Gasteiger partial charge in [-0.2, -0.15) is 0 Å². The average molecular weight is 1250 g/mol. The Kier molecular flexibility index (Phi) is 38.0. The molecule has 8 saturated carbocycles. The van der Waals surface area contributed by atoms with E-state index < -0.39 is 0 Å². The van der Waals surface area contributed by atoms with Crippen molar-refractivity contribution in [3.05, 3.63) is 59.7 Å². The van der Waals surface area contributed by atoms with Crippen molar-refractivity contribution in [1.29, 1.82) is 0 Å². The first kappa shape index (κ1) is 86.8. The molecule has 0 saturated heterocycles. The second-order valence-corrected chi connectivity index (χ2v) is 36.7. The third kappa shape index (κ3) is 38.0. The number of phenolic OH excluding ortho intramolecular Hbond substituents is 1. The van der Waals surface area contributed by atoms with Gasteiger partial charge in [-0.15, -0.1) is 0 Å². The van der Waals surface area contributed by atoms with Gasteiger partial charge in [-0.05, 0) is 216 Å². The van der Waals surface area contributed by atoms with E-state index in [-0.39, 0.29) is 23.0 Å². The zero-order valence-corrected chi connectivity index (χ0v) is 63.9. The normalized spacial score (nSPS) is 30.5. The monoisotopic (exact) mass is 1250 g/mol. The van der Waals surface area contributed by atoms with E-state index in [1.165, 1.54) is 107 Å². The van der Waals surface area contributed by atoms with Crippen molar-refractivity contribution in [2.45, 2.75) is 356 Å². The molecule has 0 radical (unpaired) electrons. The van der Waals surface area contributed by atoms with Gasteiger partial charge in [-0.1, -0.05) is 237 Å². The highest BCUT2D eigenvalue weighted by Crippen LogP contribution is 2.57. The number of nitrogens with two attached hydrogens (primary N) is 6. The highest BCUT2D eigenvalue weighted by molar-refractivity contribution is 5.41. The minimum Gasteiger partial charge on any atom is -0.508 e.